The van der Waals surface area contributed by atoms with Crippen LogP contribution in [0.2, 0.25) is 6.32 Å². The third-order valence-electron chi connectivity index (χ3n) is 4.40. The molecule has 0 aliphatic carbocycles. The van der Waals surface area contributed by atoms with Crippen LogP contribution in [0.3, 0.4) is 0 Å². The fourth-order valence-corrected chi connectivity index (χ4v) is 2.50. The van der Waals surface area contributed by atoms with Crippen molar-refractivity contribution in [3.63, 3.8) is 0 Å². The third-order valence-corrected chi connectivity index (χ3v) is 4.40. The van der Waals surface area contributed by atoms with Crippen molar-refractivity contribution < 1.29 is 4.65 Å². The molecule has 2 rings (SSSR count). The molecule has 0 bridgehead atoms. The van der Waals surface area contributed by atoms with Gasteiger partial charge in [-0.15, -0.1) is 0 Å². The average molecular weight is 231 g/mol. The molecule has 0 aromatic heterocycles. The van der Waals surface area contributed by atoms with E-state index in [4.69, 9.17) is 10.4 Å². The van der Waals surface area contributed by atoms with Crippen molar-refractivity contribution in [3.05, 3.63) is 23.8 Å². The first-order chi connectivity index (χ1) is 7.73. The van der Waals surface area contributed by atoms with E-state index in [0.717, 1.165) is 12.0 Å². The van der Waals surface area contributed by atoms with Crippen LogP contribution in [0.1, 0.15) is 33.3 Å². The van der Waals surface area contributed by atoms with Crippen molar-refractivity contribution in [1.29, 1.82) is 0 Å². The van der Waals surface area contributed by atoms with E-state index in [9.17, 15) is 0 Å². The Morgan fingerprint density at radius 1 is 1.24 bits per heavy atom. The smallest absolute Gasteiger partial charge is 0.328 e. The molecule has 1 aliphatic heterocycles. The van der Waals surface area contributed by atoms with E-state index in [1.54, 1.807) is 0 Å². The van der Waals surface area contributed by atoms with E-state index in [1.165, 1.54) is 11.0 Å². The molecule has 1 aliphatic rings. The molecule has 2 N–H and O–H groups in total. The summed E-state index contributed by atoms with van der Waals surface area (Å²) in [7, 11) is 0. The molecular weight excluding hydrogens is 209 g/mol. The number of nitrogen functional groups attached to an aromatic ring is 1. The van der Waals surface area contributed by atoms with Crippen LogP contribution in [0.5, 0.6) is 0 Å². The van der Waals surface area contributed by atoms with Gasteiger partial charge in [0.1, 0.15) is 0 Å². The lowest BCUT2D eigenvalue weighted by atomic mass is 9.53. The maximum Gasteiger partial charge on any atom is 0.328 e. The highest BCUT2D eigenvalue weighted by atomic mass is 16.5. The van der Waals surface area contributed by atoms with Gasteiger partial charge < -0.3 is 10.4 Å². The highest BCUT2D eigenvalue weighted by Gasteiger charge is 2.50. The van der Waals surface area contributed by atoms with Gasteiger partial charge in [-0.05, 0) is 50.1 Å². The largest absolute Gasteiger partial charge is 0.426 e. The molecular formula is C14H22BNO. The SMILES string of the molecule is Cc1cc(N)ccc1B1CC(C)(C)C(C)(C)O1. The summed E-state index contributed by atoms with van der Waals surface area (Å²) < 4.78 is 6.23. The highest BCUT2D eigenvalue weighted by Crippen LogP contribution is 2.45. The quantitative estimate of drug-likeness (QED) is 0.595. The molecule has 1 saturated heterocycles. The molecule has 1 aromatic rings. The van der Waals surface area contributed by atoms with E-state index in [2.05, 4.69) is 40.7 Å². The molecule has 2 nitrogen and oxygen atoms in total. The Labute approximate surface area is 105 Å². The number of rotatable bonds is 1. The molecule has 0 spiro atoms. The number of hydrogen-bond donors (Lipinski definition) is 1. The molecule has 1 aromatic carbocycles. The summed E-state index contributed by atoms with van der Waals surface area (Å²) in [4.78, 5) is 0. The second kappa shape index (κ2) is 3.77. The van der Waals surface area contributed by atoms with Crippen LogP contribution in [0, 0.1) is 12.3 Å². The van der Waals surface area contributed by atoms with Crippen LogP contribution >= 0.6 is 0 Å². The first-order valence-electron chi connectivity index (χ1n) is 6.27. The van der Waals surface area contributed by atoms with Crippen LogP contribution in [-0.4, -0.2) is 12.5 Å². The van der Waals surface area contributed by atoms with E-state index in [-0.39, 0.29) is 17.9 Å². The normalized spacial score (nSPS) is 21.8. The molecule has 0 radical (unpaired) electrons. The Bertz CT molecular complexity index is 424. The molecule has 1 fully saturated rings. The second-order valence-corrected chi connectivity index (χ2v) is 6.32. The van der Waals surface area contributed by atoms with Gasteiger partial charge in [-0.3, -0.25) is 0 Å². The van der Waals surface area contributed by atoms with Crippen LogP contribution in [0.15, 0.2) is 18.2 Å². The molecule has 92 valence electrons. The van der Waals surface area contributed by atoms with E-state index in [0.29, 0.717) is 0 Å². The van der Waals surface area contributed by atoms with E-state index in [1.807, 2.05) is 12.1 Å². The van der Waals surface area contributed by atoms with Gasteiger partial charge >= 0.3 is 6.92 Å². The number of benzene rings is 1. The van der Waals surface area contributed by atoms with Crippen LogP contribution in [-0.2, 0) is 4.65 Å². The summed E-state index contributed by atoms with van der Waals surface area (Å²) >= 11 is 0. The van der Waals surface area contributed by atoms with Crippen molar-refractivity contribution in [2.45, 2.75) is 46.5 Å². The number of nitrogens with two attached hydrogens (primary N) is 1. The van der Waals surface area contributed by atoms with Crippen LogP contribution < -0.4 is 11.2 Å². The number of aryl methyl sites for hydroxylation is 1. The number of anilines is 1. The topological polar surface area (TPSA) is 35.2 Å². The van der Waals surface area contributed by atoms with Gasteiger partial charge in [-0.2, -0.15) is 0 Å². The predicted octanol–water partition coefficient (Wildman–Crippen LogP) is 2.61. The second-order valence-electron chi connectivity index (χ2n) is 6.32. The Hall–Kier alpha value is -0.955. The maximum absolute atomic E-state index is 6.23. The zero-order valence-corrected chi connectivity index (χ0v) is 11.5. The molecule has 3 heteroatoms. The van der Waals surface area contributed by atoms with Gasteiger partial charge in [-0.25, -0.2) is 0 Å². The Kier molecular flexibility index (Phi) is 2.77. The van der Waals surface area contributed by atoms with E-state index < -0.39 is 0 Å². The van der Waals surface area contributed by atoms with Gasteiger partial charge in [0.05, 0.1) is 5.60 Å². The summed E-state index contributed by atoms with van der Waals surface area (Å²) in [5.41, 5.74) is 9.24. The van der Waals surface area contributed by atoms with Gasteiger partial charge in [0.2, 0.25) is 0 Å². The van der Waals surface area contributed by atoms with Crippen molar-refractivity contribution >= 4 is 18.1 Å². The Morgan fingerprint density at radius 3 is 2.35 bits per heavy atom. The highest BCUT2D eigenvalue weighted by molar-refractivity contribution is 6.68. The van der Waals surface area contributed by atoms with Gasteiger partial charge in [0.15, 0.2) is 0 Å². The summed E-state index contributed by atoms with van der Waals surface area (Å²) in [6.07, 6.45) is 1.06. The minimum absolute atomic E-state index is 0.0779. The van der Waals surface area contributed by atoms with E-state index >= 15 is 0 Å². The first-order valence-corrected chi connectivity index (χ1v) is 6.27. The standard InChI is InChI=1S/C14H22BNO/c1-10-8-11(16)6-7-12(10)15-9-13(2,3)14(4,5)17-15/h6-8H,9,16H2,1-5H3. The summed E-state index contributed by atoms with van der Waals surface area (Å²) in [6, 6.07) is 6.09. The lowest BCUT2D eigenvalue weighted by Crippen LogP contribution is -2.36. The molecule has 17 heavy (non-hydrogen) atoms. The molecule has 0 saturated carbocycles. The zero-order valence-electron chi connectivity index (χ0n) is 11.5. The molecule has 1 heterocycles. The maximum atomic E-state index is 6.23. The van der Waals surface area contributed by atoms with Crippen molar-refractivity contribution in [1.82, 2.24) is 0 Å². The van der Waals surface area contributed by atoms with Gasteiger partial charge in [-0.1, -0.05) is 25.5 Å². The lowest BCUT2D eigenvalue weighted by molar-refractivity contribution is 0.0375. The summed E-state index contributed by atoms with van der Waals surface area (Å²) in [5.74, 6) is 0. The molecule has 0 amide bonds. The van der Waals surface area contributed by atoms with Crippen molar-refractivity contribution in [2.75, 3.05) is 5.73 Å². The lowest BCUT2D eigenvalue weighted by Gasteiger charge is -2.34. The van der Waals surface area contributed by atoms with Gasteiger partial charge in [0.25, 0.3) is 0 Å². The zero-order chi connectivity index (χ0) is 12.8. The minimum Gasteiger partial charge on any atom is -0.426 e. The van der Waals surface area contributed by atoms with Crippen molar-refractivity contribution in [3.8, 4) is 0 Å². The third kappa shape index (κ3) is 2.08. The minimum atomic E-state index is -0.0779. The fraction of sp³-hybridized carbons (Fsp3) is 0.571. The number of hydrogen-bond acceptors (Lipinski definition) is 2. The van der Waals surface area contributed by atoms with Crippen LogP contribution in [0.25, 0.3) is 0 Å². The van der Waals surface area contributed by atoms with Gasteiger partial charge in [0, 0.05) is 5.69 Å². The molecule has 0 unspecified atom stereocenters. The Balaban J connectivity index is 2.32. The molecule has 0 atom stereocenters. The monoisotopic (exact) mass is 231 g/mol. The summed E-state index contributed by atoms with van der Waals surface area (Å²) in [6.45, 7) is 11.2. The first kappa shape index (κ1) is 12.5. The predicted molar refractivity (Wildman–Crippen MR) is 74.7 cm³/mol. The van der Waals surface area contributed by atoms with Crippen molar-refractivity contribution in [2.24, 2.45) is 5.41 Å². The Morgan fingerprint density at radius 2 is 1.88 bits per heavy atom. The summed E-state index contributed by atoms with van der Waals surface area (Å²) in [5, 5.41) is 0. The van der Waals surface area contributed by atoms with Crippen LogP contribution in [0.4, 0.5) is 5.69 Å². The fourth-order valence-electron chi connectivity index (χ4n) is 2.50. The average Bonchev–Trinajstić information content (AvgIpc) is 2.35.